The second kappa shape index (κ2) is 2.50. The second-order valence-corrected chi connectivity index (χ2v) is 2.90. The van der Waals surface area contributed by atoms with Crippen LogP contribution in [0.3, 0.4) is 0 Å². The Morgan fingerprint density at radius 2 is 2.18 bits per heavy atom. The smallest absolute Gasteiger partial charge is 0.233 e. The summed E-state index contributed by atoms with van der Waals surface area (Å²) in [5.41, 5.74) is 3.33. The van der Waals surface area contributed by atoms with Gasteiger partial charge in [0, 0.05) is 5.56 Å². The third kappa shape index (κ3) is 0.967. The number of rotatable bonds is 1. The summed E-state index contributed by atoms with van der Waals surface area (Å²) >= 11 is 0. The minimum absolute atomic E-state index is 0.764. The van der Waals surface area contributed by atoms with E-state index in [0.29, 0.717) is 0 Å². The van der Waals surface area contributed by atoms with Gasteiger partial charge >= 0.3 is 0 Å². The van der Waals surface area contributed by atoms with Crippen molar-refractivity contribution in [2.45, 2.75) is 19.3 Å². The summed E-state index contributed by atoms with van der Waals surface area (Å²) in [7, 11) is 0. The maximum atomic E-state index is 10.4. The highest BCUT2D eigenvalue weighted by Crippen LogP contribution is 2.23. The average Bonchev–Trinajstić information content (AvgIpc) is 2.50. The summed E-state index contributed by atoms with van der Waals surface area (Å²) in [6, 6.07) is 5.88. The van der Waals surface area contributed by atoms with E-state index in [-0.39, 0.29) is 0 Å². The Kier molecular flexibility index (Phi) is 1.50. The monoisotopic (exact) mass is 145 g/mol. The van der Waals surface area contributed by atoms with E-state index in [9.17, 15) is 4.79 Å². The maximum absolute atomic E-state index is 10.4. The molecule has 11 heavy (non-hydrogen) atoms. The molecule has 0 saturated heterocycles. The third-order valence-corrected chi connectivity index (χ3v) is 2.26. The molecule has 0 atom stereocenters. The molecule has 0 N–H and O–H groups in total. The standard InChI is InChI=1S/C10H9O/c11-7-9-5-1-3-8-4-2-6-10(8)9/h1,3,5H,2,4,6H2. The number of fused-ring (bicyclic) bond motifs is 1. The number of benzene rings is 1. The molecule has 55 valence electrons. The molecule has 1 aliphatic rings. The van der Waals surface area contributed by atoms with Crippen LogP contribution < -0.4 is 0 Å². The molecule has 2 rings (SSSR count). The van der Waals surface area contributed by atoms with E-state index < -0.39 is 0 Å². The minimum atomic E-state index is 0.764. The number of hydrogen-bond donors (Lipinski definition) is 0. The van der Waals surface area contributed by atoms with Crippen LogP contribution in [0, 0.1) is 0 Å². The fourth-order valence-corrected chi connectivity index (χ4v) is 1.72. The molecule has 0 fully saturated rings. The molecule has 1 aromatic rings. The predicted octanol–water partition coefficient (Wildman–Crippen LogP) is 1.63. The van der Waals surface area contributed by atoms with Gasteiger partial charge in [-0.15, -0.1) is 0 Å². The highest BCUT2D eigenvalue weighted by atomic mass is 16.1. The molecule has 1 heteroatoms. The van der Waals surface area contributed by atoms with Crippen molar-refractivity contribution in [2.75, 3.05) is 0 Å². The third-order valence-electron chi connectivity index (χ3n) is 2.26. The SMILES string of the molecule is O=[C]c1cccc2c1CCC2. The van der Waals surface area contributed by atoms with Crippen LogP contribution in [0.4, 0.5) is 0 Å². The Morgan fingerprint density at radius 3 is 3.00 bits per heavy atom. The Bertz CT molecular complexity index is 289. The largest absolute Gasteiger partial charge is 0.285 e. The van der Waals surface area contributed by atoms with Crippen LogP contribution in [-0.2, 0) is 17.6 Å². The lowest BCUT2D eigenvalue weighted by molar-refractivity contribution is 0.562. The Labute approximate surface area is 66.0 Å². The lowest BCUT2D eigenvalue weighted by atomic mass is 10.0. The van der Waals surface area contributed by atoms with Gasteiger partial charge in [0.05, 0.1) is 0 Å². The molecule has 1 radical (unpaired) electrons. The van der Waals surface area contributed by atoms with Crippen molar-refractivity contribution >= 4 is 6.29 Å². The highest BCUT2D eigenvalue weighted by Gasteiger charge is 2.13. The molecule has 0 aromatic heterocycles. The molecule has 0 saturated carbocycles. The van der Waals surface area contributed by atoms with Crippen LogP contribution >= 0.6 is 0 Å². The quantitative estimate of drug-likeness (QED) is 0.587. The normalized spacial score (nSPS) is 14.5. The molecule has 0 heterocycles. The van der Waals surface area contributed by atoms with E-state index in [1.807, 2.05) is 18.4 Å². The average molecular weight is 145 g/mol. The van der Waals surface area contributed by atoms with Crippen molar-refractivity contribution in [3.63, 3.8) is 0 Å². The Balaban J connectivity index is 2.58. The van der Waals surface area contributed by atoms with Crippen LogP contribution in [0.5, 0.6) is 0 Å². The van der Waals surface area contributed by atoms with Gasteiger partial charge in [-0.1, -0.05) is 18.2 Å². The van der Waals surface area contributed by atoms with E-state index in [0.717, 1.165) is 18.4 Å². The van der Waals surface area contributed by atoms with Crippen LogP contribution in [0.1, 0.15) is 23.1 Å². The van der Waals surface area contributed by atoms with Crippen molar-refractivity contribution < 1.29 is 4.79 Å². The van der Waals surface area contributed by atoms with Crippen LogP contribution in [0.2, 0.25) is 0 Å². The van der Waals surface area contributed by atoms with Gasteiger partial charge in [0.25, 0.3) is 0 Å². The van der Waals surface area contributed by atoms with Gasteiger partial charge < -0.3 is 0 Å². The Hall–Kier alpha value is -1.11. The molecular weight excluding hydrogens is 136 g/mol. The molecule has 1 nitrogen and oxygen atoms in total. The molecule has 0 spiro atoms. The van der Waals surface area contributed by atoms with E-state index in [1.165, 1.54) is 17.5 Å². The lowest BCUT2D eigenvalue weighted by Gasteiger charge is -1.99. The van der Waals surface area contributed by atoms with Gasteiger partial charge in [-0.05, 0) is 30.4 Å². The minimum Gasteiger partial charge on any atom is -0.285 e. The fraction of sp³-hybridized carbons (Fsp3) is 0.300. The molecule has 1 aromatic carbocycles. The maximum Gasteiger partial charge on any atom is 0.233 e. The Morgan fingerprint density at radius 1 is 1.27 bits per heavy atom. The van der Waals surface area contributed by atoms with Crippen LogP contribution in [0.15, 0.2) is 18.2 Å². The van der Waals surface area contributed by atoms with Crippen molar-refractivity contribution in [3.05, 3.63) is 34.9 Å². The van der Waals surface area contributed by atoms with Crippen LogP contribution in [0.25, 0.3) is 0 Å². The fourth-order valence-electron chi connectivity index (χ4n) is 1.72. The van der Waals surface area contributed by atoms with Crippen molar-refractivity contribution in [1.82, 2.24) is 0 Å². The number of carbonyl (C=O) groups excluding carboxylic acids is 1. The number of hydrogen-bond acceptors (Lipinski definition) is 1. The van der Waals surface area contributed by atoms with Crippen molar-refractivity contribution in [2.24, 2.45) is 0 Å². The first-order chi connectivity index (χ1) is 5.42. The van der Waals surface area contributed by atoms with E-state index in [1.54, 1.807) is 0 Å². The highest BCUT2D eigenvalue weighted by molar-refractivity contribution is 5.78. The summed E-state index contributed by atoms with van der Waals surface area (Å²) < 4.78 is 0. The van der Waals surface area contributed by atoms with Crippen molar-refractivity contribution in [1.29, 1.82) is 0 Å². The van der Waals surface area contributed by atoms with Crippen LogP contribution in [-0.4, -0.2) is 6.29 Å². The van der Waals surface area contributed by atoms with Crippen molar-refractivity contribution in [3.8, 4) is 0 Å². The van der Waals surface area contributed by atoms with E-state index >= 15 is 0 Å². The number of aryl methyl sites for hydroxylation is 1. The molecule has 0 bridgehead atoms. The summed E-state index contributed by atoms with van der Waals surface area (Å²) in [6.45, 7) is 0. The van der Waals surface area contributed by atoms with Gasteiger partial charge in [-0.25, -0.2) is 0 Å². The summed E-state index contributed by atoms with van der Waals surface area (Å²) in [5.74, 6) is 0. The zero-order valence-corrected chi connectivity index (χ0v) is 6.26. The molecule has 1 aliphatic carbocycles. The molecule has 0 aliphatic heterocycles. The van der Waals surface area contributed by atoms with Gasteiger partial charge in [-0.3, -0.25) is 4.79 Å². The van der Waals surface area contributed by atoms with Gasteiger partial charge in [0.15, 0.2) is 0 Å². The summed E-state index contributed by atoms with van der Waals surface area (Å²) in [5, 5.41) is 0. The summed E-state index contributed by atoms with van der Waals surface area (Å²) in [6.07, 6.45) is 5.35. The first-order valence-electron chi connectivity index (χ1n) is 3.91. The van der Waals surface area contributed by atoms with Gasteiger partial charge in [0.2, 0.25) is 6.29 Å². The molecular formula is C10H9O. The van der Waals surface area contributed by atoms with E-state index in [4.69, 9.17) is 0 Å². The predicted molar refractivity (Wildman–Crippen MR) is 43.3 cm³/mol. The van der Waals surface area contributed by atoms with E-state index in [2.05, 4.69) is 6.07 Å². The van der Waals surface area contributed by atoms with Gasteiger partial charge in [0.1, 0.15) is 0 Å². The second-order valence-electron chi connectivity index (χ2n) is 2.90. The topological polar surface area (TPSA) is 17.1 Å². The first kappa shape index (κ1) is 6.59. The molecule has 0 unspecified atom stereocenters. The lowest BCUT2D eigenvalue weighted by Crippen LogP contribution is -1.90. The zero-order valence-electron chi connectivity index (χ0n) is 6.26. The van der Waals surface area contributed by atoms with Gasteiger partial charge in [-0.2, -0.15) is 0 Å². The first-order valence-corrected chi connectivity index (χ1v) is 3.91. The zero-order chi connectivity index (χ0) is 7.68. The molecule has 0 amide bonds. The summed E-state index contributed by atoms with van der Waals surface area (Å²) in [4.78, 5) is 10.4.